The molecule has 1 heterocycles. The number of likely N-dealkylation sites (N-methyl/N-ethyl adjacent to an activating group) is 1. The van der Waals surface area contributed by atoms with Crippen LogP contribution in [-0.4, -0.2) is 39.4 Å². The van der Waals surface area contributed by atoms with E-state index in [-0.39, 0.29) is 17.3 Å². The molecule has 1 aliphatic rings. The Morgan fingerprint density at radius 2 is 1.92 bits per heavy atom. The molecule has 0 radical (unpaired) electrons. The van der Waals surface area contributed by atoms with Gasteiger partial charge in [0.1, 0.15) is 0 Å². The second kappa shape index (κ2) is 7.48. The molecule has 1 aliphatic heterocycles. The topological polar surface area (TPSA) is 83.7 Å². The minimum Gasteiger partial charge on any atom is -0.311 e. The second-order valence-corrected chi connectivity index (χ2v) is 8.91. The van der Waals surface area contributed by atoms with Crippen LogP contribution in [0.5, 0.6) is 0 Å². The second-order valence-electron chi connectivity index (χ2n) is 6.43. The highest BCUT2D eigenvalue weighted by molar-refractivity contribution is 9.10. The zero-order valence-electron chi connectivity index (χ0n) is 14.4. The van der Waals surface area contributed by atoms with Crippen molar-refractivity contribution < 1.29 is 13.2 Å². The van der Waals surface area contributed by atoms with E-state index in [1.165, 1.54) is 6.07 Å². The molecule has 8 heteroatoms. The molecule has 0 unspecified atom stereocenters. The molecule has 0 bridgehead atoms. The summed E-state index contributed by atoms with van der Waals surface area (Å²) in [5, 5.41) is 5.18. The molecule has 0 atom stereocenters. The molecule has 0 aromatic heterocycles. The largest absolute Gasteiger partial charge is 0.311 e. The molecule has 0 saturated carbocycles. The fourth-order valence-corrected chi connectivity index (χ4v) is 3.92. The Kier molecular flexibility index (Phi) is 5.47. The maximum Gasteiger partial charge on any atom is 0.241 e. The molecule has 26 heavy (non-hydrogen) atoms. The van der Waals surface area contributed by atoms with E-state index >= 15 is 0 Å². The van der Waals surface area contributed by atoms with E-state index < -0.39 is 10.0 Å². The van der Waals surface area contributed by atoms with Crippen molar-refractivity contribution >= 4 is 37.5 Å². The van der Waals surface area contributed by atoms with Gasteiger partial charge in [-0.3, -0.25) is 9.69 Å². The van der Waals surface area contributed by atoms with E-state index in [0.29, 0.717) is 19.5 Å². The highest BCUT2D eigenvalue weighted by Crippen LogP contribution is 2.30. The molecule has 2 N–H and O–H groups in total. The number of nitrogens with zero attached hydrogens (tertiary/aromatic N) is 2. The number of primary sulfonamides is 1. The van der Waals surface area contributed by atoms with Gasteiger partial charge < -0.3 is 4.90 Å². The average Bonchev–Trinajstić information content (AvgIpc) is 2.99. The Morgan fingerprint density at radius 1 is 1.23 bits per heavy atom. The summed E-state index contributed by atoms with van der Waals surface area (Å²) in [4.78, 5) is 16.4. The maximum absolute atomic E-state index is 12.7. The van der Waals surface area contributed by atoms with E-state index in [4.69, 9.17) is 5.14 Å². The van der Waals surface area contributed by atoms with Crippen LogP contribution in [0.2, 0.25) is 0 Å². The van der Waals surface area contributed by atoms with E-state index in [9.17, 15) is 13.2 Å². The maximum atomic E-state index is 12.7. The predicted molar refractivity (Wildman–Crippen MR) is 104 cm³/mol. The first-order valence-corrected chi connectivity index (χ1v) is 10.5. The summed E-state index contributed by atoms with van der Waals surface area (Å²) in [5.74, 6) is -0.00767. The van der Waals surface area contributed by atoms with Crippen LogP contribution in [0.4, 0.5) is 5.69 Å². The van der Waals surface area contributed by atoms with E-state index in [2.05, 4.69) is 15.9 Å². The van der Waals surface area contributed by atoms with Crippen LogP contribution < -0.4 is 10.0 Å². The van der Waals surface area contributed by atoms with Gasteiger partial charge in [0.05, 0.1) is 11.4 Å². The Hall–Kier alpha value is -1.74. The van der Waals surface area contributed by atoms with Gasteiger partial charge in [0, 0.05) is 23.2 Å². The lowest BCUT2D eigenvalue weighted by molar-refractivity contribution is -0.119. The molecule has 2 aromatic rings. The van der Waals surface area contributed by atoms with E-state index in [1.54, 1.807) is 17.0 Å². The van der Waals surface area contributed by atoms with Crippen LogP contribution in [-0.2, 0) is 27.8 Å². The van der Waals surface area contributed by atoms with Gasteiger partial charge in [-0.05, 0) is 54.9 Å². The summed E-state index contributed by atoms with van der Waals surface area (Å²) in [6.45, 7) is 1.50. The van der Waals surface area contributed by atoms with Crippen molar-refractivity contribution in [2.24, 2.45) is 5.14 Å². The molecule has 0 fully saturated rings. The summed E-state index contributed by atoms with van der Waals surface area (Å²) in [7, 11) is -1.83. The number of sulfonamides is 1. The molecule has 6 nitrogen and oxygen atoms in total. The minimum absolute atomic E-state index is 0.00767. The first-order chi connectivity index (χ1) is 12.2. The van der Waals surface area contributed by atoms with Crippen molar-refractivity contribution in [3.05, 3.63) is 58.1 Å². The molecular formula is C18H20BrN3O3S. The molecule has 0 aliphatic carbocycles. The Morgan fingerprint density at radius 3 is 2.58 bits per heavy atom. The standard InChI is InChI=1S/C18H20BrN3O3S/c1-21(11-13-2-4-15(19)5-3-13)12-18(23)22-9-8-14-10-16(26(20,24)25)6-7-17(14)22/h2-7,10H,8-9,11-12H2,1H3,(H2,20,24,25). The number of rotatable bonds is 5. The number of halogens is 1. The fourth-order valence-electron chi connectivity index (χ4n) is 3.09. The number of anilines is 1. The van der Waals surface area contributed by atoms with Gasteiger partial charge >= 0.3 is 0 Å². The monoisotopic (exact) mass is 437 g/mol. The van der Waals surface area contributed by atoms with E-state index in [0.717, 1.165) is 21.3 Å². The van der Waals surface area contributed by atoms with Crippen molar-refractivity contribution in [2.45, 2.75) is 17.9 Å². The summed E-state index contributed by atoms with van der Waals surface area (Å²) in [6.07, 6.45) is 0.626. The van der Waals surface area contributed by atoms with Crippen molar-refractivity contribution in [1.29, 1.82) is 0 Å². The highest BCUT2D eigenvalue weighted by Gasteiger charge is 2.26. The first kappa shape index (κ1) is 19.0. The summed E-state index contributed by atoms with van der Waals surface area (Å²) in [6, 6.07) is 12.7. The number of hydrogen-bond donors (Lipinski definition) is 1. The predicted octanol–water partition coefficient (Wildman–Crippen LogP) is 2.12. The number of nitrogens with two attached hydrogens (primary N) is 1. The zero-order chi connectivity index (χ0) is 18.9. The van der Waals surface area contributed by atoms with Crippen molar-refractivity contribution in [2.75, 3.05) is 25.0 Å². The fraction of sp³-hybridized carbons (Fsp3) is 0.278. The number of carbonyl (C=O) groups excluding carboxylic acids is 1. The van der Waals surface area contributed by atoms with Crippen LogP contribution in [0.15, 0.2) is 51.8 Å². The highest BCUT2D eigenvalue weighted by atomic mass is 79.9. The first-order valence-electron chi connectivity index (χ1n) is 8.13. The Labute approximate surface area is 161 Å². The van der Waals surface area contributed by atoms with Crippen LogP contribution in [0, 0.1) is 0 Å². The van der Waals surface area contributed by atoms with Gasteiger partial charge in [0.15, 0.2) is 0 Å². The smallest absolute Gasteiger partial charge is 0.241 e. The lowest BCUT2D eigenvalue weighted by Crippen LogP contribution is -2.37. The summed E-state index contributed by atoms with van der Waals surface area (Å²) >= 11 is 3.41. The Bertz CT molecular complexity index is 929. The number of fused-ring (bicyclic) bond motifs is 1. The lowest BCUT2D eigenvalue weighted by Gasteiger charge is -2.22. The summed E-state index contributed by atoms with van der Waals surface area (Å²) < 4.78 is 24.0. The molecule has 0 saturated heterocycles. The lowest BCUT2D eigenvalue weighted by atomic mass is 10.2. The van der Waals surface area contributed by atoms with Crippen LogP contribution in [0.1, 0.15) is 11.1 Å². The molecule has 1 amide bonds. The SMILES string of the molecule is CN(CC(=O)N1CCc2cc(S(N)(=O)=O)ccc21)Cc1ccc(Br)cc1. The van der Waals surface area contributed by atoms with Gasteiger partial charge in [-0.2, -0.15) is 0 Å². The van der Waals surface area contributed by atoms with E-state index in [1.807, 2.05) is 36.2 Å². The number of hydrogen-bond acceptors (Lipinski definition) is 4. The quantitative estimate of drug-likeness (QED) is 0.775. The number of carbonyl (C=O) groups is 1. The van der Waals surface area contributed by atoms with Crippen LogP contribution in [0.3, 0.4) is 0 Å². The normalized spacial score (nSPS) is 13.9. The molecule has 0 spiro atoms. The third kappa shape index (κ3) is 4.32. The van der Waals surface area contributed by atoms with Crippen molar-refractivity contribution in [3.8, 4) is 0 Å². The third-order valence-corrected chi connectivity index (χ3v) is 5.79. The molecule has 2 aromatic carbocycles. The van der Waals surface area contributed by atoms with Crippen LogP contribution in [0.25, 0.3) is 0 Å². The molecular weight excluding hydrogens is 418 g/mol. The summed E-state index contributed by atoms with van der Waals surface area (Å²) in [5.41, 5.74) is 2.72. The van der Waals surface area contributed by atoms with Crippen molar-refractivity contribution in [1.82, 2.24) is 4.90 Å². The van der Waals surface area contributed by atoms with Gasteiger partial charge in [-0.25, -0.2) is 13.6 Å². The minimum atomic E-state index is -3.73. The van der Waals surface area contributed by atoms with Crippen molar-refractivity contribution in [3.63, 3.8) is 0 Å². The average molecular weight is 438 g/mol. The Balaban J connectivity index is 1.67. The van der Waals surface area contributed by atoms with Gasteiger partial charge in [-0.15, -0.1) is 0 Å². The van der Waals surface area contributed by atoms with Gasteiger partial charge in [0.2, 0.25) is 15.9 Å². The van der Waals surface area contributed by atoms with Crippen LogP contribution >= 0.6 is 15.9 Å². The molecule has 138 valence electrons. The molecule has 3 rings (SSSR count). The zero-order valence-corrected chi connectivity index (χ0v) is 16.8. The van der Waals surface area contributed by atoms with Gasteiger partial charge in [0.25, 0.3) is 0 Å². The number of amides is 1. The third-order valence-electron chi connectivity index (χ3n) is 4.35. The van der Waals surface area contributed by atoms with Gasteiger partial charge in [-0.1, -0.05) is 28.1 Å². The number of benzene rings is 2.